The van der Waals surface area contributed by atoms with E-state index in [1.165, 1.54) is 56.4 Å². The molecule has 0 saturated carbocycles. The molecule has 0 radical (unpaired) electrons. The highest BCUT2D eigenvalue weighted by Crippen LogP contribution is 2.41. The lowest BCUT2D eigenvalue weighted by atomic mass is 9.96. The van der Waals surface area contributed by atoms with Gasteiger partial charge in [0.15, 0.2) is 6.29 Å². The summed E-state index contributed by atoms with van der Waals surface area (Å²) in [6.45, 7) is 6.89. The van der Waals surface area contributed by atoms with E-state index in [1.807, 2.05) is 6.92 Å². The van der Waals surface area contributed by atoms with Crippen molar-refractivity contribution in [3.05, 3.63) is 11.3 Å². The summed E-state index contributed by atoms with van der Waals surface area (Å²) in [5.74, 6) is 0.642. The van der Waals surface area contributed by atoms with E-state index in [0.29, 0.717) is 42.4 Å². The van der Waals surface area contributed by atoms with Crippen molar-refractivity contribution >= 4 is 17.6 Å². The van der Waals surface area contributed by atoms with Gasteiger partial charge in [-0.2, -0.15) is 0 Å². The van der Waals surface area contributed by atoms with Crippen LogP contribution in [0.15, 0.2) is 21.3 Å². The van der Waals surface area contributed by atoms with E-state index in [9.17, 15) is 10.0 Å². The van der Waals surface area contributed by atoms with Crippen LogP contribution in [-0.2, 0) is 9.53 Å². The lowest BCUT2D eigenvalue weighted by Gasteiger charge is -2.47. The molecular formula is C35H58N6O3. The van der Waals surface area contributed by atoms with Gasteiger partial charge in [-0.05, 0) is 78.1 Å². The Morgan fingerprint density at radius 3 is 2.41 bits per heavy atom. The van der Waals surface area contributed by atoms with Crippen LogP contribution in [0.4, 0.5) is 0 Å². The molecule has 0 spiro atoms. The number of guanidine groups is 1. The SMILES string of the molecule is CCCCCCCC1CC2CCC3=C(C(=O)OCCCCCCCC4CC5CCC6CC(C)N=C(N4O)N65)C(C)=NC(N1)N32. The molecule has 9 heteroatoms. The fraction of sp³-hybridized carbons (Fsp3) is 0.857. The Balaban J connectivity index is 0.888. The third kappa shape index (κ3) is 6.84. The van der Waals surface area contributed by atoms with Crippen LogP contribution >= 0.6 is 0 Å². The predicted octanol–water partition coefficient (Wildman–Crippen LogP) is 6.51. The third-order valence-electron chi connectivity index (χ3n) is 11.3. The molecule has 0 aromatic carbocycles. The molecule has 246 valence electrons. The van der Waals surface area contributed by atoms with Gasteiger partial charge in [-0.15, -0.1) is 0 Å². The zero-order valence-electron chi connectivity index (χ0n) is 27.7. The number of esters is 1. The molecule has 9 nitrogen and oxygen atoms in total. The first-order valence-corrected chi connectivity index (χ1v) is 18.3. The summed E-state index contributed by atoms with van der Waals surface area (Å²) in [5.41, 5.74) is 2.69. The van der Waals surface area contributed by atoms with Gasteiger partial charge in [0.05, 0.1) is 30.0 Å². The first-order valence-electron chi connectivity index (χ1n) is 18.3. The average molecular weight is 611 g/mol. The Kier molecular flexibility index (Phi) is 10.5. The number of unbranched alkanes of at least 4 members (excludes halogenated alkanes) is 8. The van der Waals surface area contributed by atoms with Gasteiger partial charge in [0, 0.05) is 29.9 Å². The van der Waals surface area contributed by atoms with Crippen LogP contribution in [0.3, 0.4) is 0 Å². The summed E-state index contributed by atoms with van der Waals surface area (Å²) in [4.78, 5) is 27.8. The number of aliphatic imine (C=N–C) groups is 2. The summed E-state index contributed by atoms with van der Waals surface area (Å²) < 4.78 is 5.81. The molecule has 6 rings (SSSR count). The van der Waals surface area contributed by atoms with Crippen LogP contribution in [0, 0.1) is 0 Å². The Morgan fingerprint density at radius 1 is 0.886 bits per heavy atom. The lowest BCUT2D eigenvalue weighted by Crippen LogP contribution is -2.60. The fourth-order valence-corrected chi connectivity index (χ4v) is 9.03. The van der Waals surface area contributed by atoms with E-state index in [4.69, 9.17) is 14.7 Å². The molecule has 7 atom stereocenters. The van der Waals surface area contributed by atoms with E-state index in [1.54, 1.807) is 0 Å². The Morgan fingerprint density at radius 2 is 1.59 bits per heavy atom. The lowest BCUT2D eigenvalue weighted by molar-refractivity contribution is -0.138. The number of hydrogen-bond donors (Lipinski definition) is 2. The van der Waals surface area contributed by atoms with Crippen molar-refractivity contribution in [1.29, 1.82) is 0 Å². The summed E-state index contributed by atoms with van der Waals surface area (Å²) in [6.07, 6.45) is 22.0. The first kappa shape index (κ1) is 31.8. The van der Waals surface area contributed by atoms with Crippen LogP contribution in [-0.4, -0.2) is 86.9 Å². The van der Waals surface area contributed by atoms with Crippen molar-refractivity contribution in [2.75, 3.05) is 6.61 Å². The van der Waals surface area contributed by atoms with Gasteiger partial charge in [-0.25, -0.2) is 19.8 Å². The quantitative estimate of drug-likeness (QED) is 0.161. The number of ether oxygens (including phenoxy) is 1. The first-order chi connectivity index (χ1) is 21.4. The zero-order chi connectivity index (χ0) is 30.6. The number of allylic oxidation sites excluding steroid dienone is 1. The molecule has 0 amide bonds. The molecule has 6 aliphatic heterocycles. The Hall–Kier alpha value is -2.13. The number of nitrogens with zero attached hydrogens (tertiary/aromatic N) is 5. The van der Waals surface area contributed by atoms with E-state index < -0.39 is 0 Å². The van der Waals surface area contributed by atoms with Gasteiger partial charge in [0.1, 0.15) is 0 Å². The summed E-state index contributed by atoms with van der Waals surface area (Å²) in [5, 5.41) is 16.2. The monoisotopic (exact) mass is 610 g/mol. The van der Waals surface area contributed by atoms with Crippen LogP contribution in [0.1, 0.15) is 143 Å². The van der Waals surface area contributed by atoms with Gasteiger partial charge in [-0.3, -0.25) is 10.5 Å². The molecule has 0 aliphatic carbocycles. The van der Waals surface area contributed by atoms with Gasteiger partial charge in [0.25, 0.3) is 0 Å². The maximum atomic E-state index is 13.2. The average Bonchev–Trinajstić information content (AvgIpc) is 3.61. The largest absolute Gasteiger partial charge is 0.462 e. The van der Waals surface area contributed by atoms with Gasteiger partial charge in [0.2, 0.25) is 5.96 Å². The second-order valence-electron chi connectivity index (χ2n) is 14.5. The highest BCUT2D eigenvalue weighted by Gasteiger charge is 2.47. The Bertz CT molecular complexity index is 1110. The molecule has 0 aromatic rings. The van der Waals surface area contributed by atoms with Crippen molar-refractivity contribution in [3.8, 4) is 0 Å². The smallest absolute Gasteiger partial charge is 0.341 e. The van der Waals surface area contributed by atoms with E-state index >= 15 is 0 Å². The molecule has 44 heavy (non-hydrogen) atoms. The molecule has 6 aliphatic rings. The number of carbonyl (C=O) groups excluding carboxylic acids is 1. The predicted molar refractivity (Wildman–Crippen MR) is 175 cm³/mol. The van der Waals surface area contributed by atoms with Crippen LogP contribution < -0.4 is 5.32 Å². The van der Waals surface area contributed by atoms with E-state index in [0.717, 1.165) is 88.0 Å². The summed E-state index contributed by atoms with van der Waals surface area (Å²) in [6, 6.07) is 2.60. The normalized spacial score (nSPS) is 32.5. The van der Waals surface area contributed by atoms with Crippen molar-refractivity contribution in [1.82, 2.24) is 20.2 Å². The van der Waals surface area contributed by atoms with Crippen molar-refractivity contribution in [2.45, 2.75) is 185 Å². The standard InChI is InChI=1S/C35H58N6O3/c1-4-5-6-8-11-14-26-22-28-18-19-31-32(25(3)37-34(38-26)40(28)31)33(42)44-20-13-10-7-9-12-15-30-23-29-17-16-27-21-24(2)36-35(39(27)29)41(30)43/h24,26-30,34,38,43H,4-23H2,1-3H3. The maximum Gasteiger partial charge on any atom is 0.341 e. The van der Waals surface area contributed by atoms with Crippen molar-refractivity contribution in [2.24, 2.45) is 9.98 Å². The van der Waals surface area contributed by atoms with E-state index in [2.05, 4.69) is 29.0 Å². The minimum atomic E-state index is -0.193. The molecule has 0 bridgehead atoms. The third-order valence-corrected chi connectivity index (χ3v) is 11.3. The Labute approximate surface area is 265 Å². The molecule has 7 unspecified atom stereocenters. The number of rotatable bonds is 15. The second-order valence-corrected chi connectivity index (χ2v) is 14.5. The number of hydrogen-bond acceptors (Lipinski definition) is 9. The highest BCUT2D eigenvalue weighted by atomic mass is 16.5. The highest BCUT2D eigenvalue weighted by molar-refractivity contribution is 6.19. The molecule has 4 saturated heterocycles. The zero-order valence-corrected chi connectivity index (χ0v) is 27.7. The minimum Gasteiger partial charge on any atom is -0.462 e. The van der Waals surface area contributed by atoms with Crippen LogP contribution in [0.25, 0.3) is 0 Å². The van der Waals surface area contributed by atoms with Gasteiger partial charge >= 0.3 is 5.97 Å². The number of hydroxylamine groups is 2. The van der Waals surface area contributed by atoms with Crippen molar-refractivity contribution < 1.29 is 14.7 Å². The molecule has 0 aromatic heterocycles. The van der Waals surface area contributed by atoms with Crippen LogP contribution in [0.2, 0.25) is 0 Å². The number of nitrogens with one attached hydrogen (secondary N) is 1. The summed E-state index contributed by atoms with van der Waals surface area (Å²) >= 11 is 0. The van der Waals surface area contributed by atoms with Crippen molar-refractivity contribution in [3.63, 3.8) is 0 Å². The molecular weight excluding hydrogens is 552 g/mol. The maximum absolute atomic E-state index is 13.2. The van der Waals surface area contributed by atoms with Crippen LogP contribution in [0.5, 0.6) is 0 Å². The fourth-order valence-electron chi connectivity index (χ4n) is 9.03. The molecule has 4 fully saturated rings. The molecule has 6 heterocycles. The van der Waals surface area contributed by atoms with E-state index in [-0.39, 0.29) is 18.3 Å². The van der Waals surface area contributed by atoms with Gasteiger partial charge < -0.3 is 14.5 Å². The summed E-state index contributed by atoms with van der Waals surface area (Å²) in [7, 11) is 0. The second kappa shape index (κ2) is 14.5. The topological polar surface area (TPSA) is 93.0 Å². The minimum absolute atomic E-state index is 0.0248. The van der Waals surface area contributed by atoms with Gasteiger partial charge in [-0.1, -0.05) is 64.7 Å². The molecule has 2 N–H and O–H groups in total. The number of carbonyl (C=O) groups is 1.